The molecule has 0 aromatic heterocycles. The quantitative estimate of drug-likeness (QED) is 0.672. The van der Waals surface area contributed by atoms with Crippen LogP contribution in [0, 0.1) is 0 Å². The van der Waals surface area contributed by atoms with Gasteiger partial charge in [-0.2, -0.15) is 4.99 Å². The van der Waals surface area contributed by atoms with Crippen LogP contribution in [0.5, 0.6) is 0 Å². The van der Waals surface area contributed by atoms with Gasteiger partial charge in [0.15, 0.2) is 0 Å². The number of rotatable bonds is 5. The van der Waals surface area contributed by atoms with Gasteiger partial charge in [-0.15, -0.1) is 5.01 Å². The Balaban J connectivity index is 2.77. The monoisotopic (exact) mass is 201 g/mol. The van der Waals surface area contributed by atoms with Gasteiger partial charge in [0.05, 0.1) is 13.2 Å². The van der Waals surface area contributed by atoms with Crippen LogP contribution in [0.15, 0.2) is 4.99 Å². The van der Waals surface area contributed by atoms with Crippen molar-refractivity contribution in [3.63, 3.8) is 0 Å². The number of aliphatic imine (C=N–C) groups is 1. The predicted octanol–water partition coefficient (Wildman–Crippen LogP) is 0.928. The molecule has 82 valence electrons. The van der Waals surface area contributed by atoms with Crippen molar-refractivity contribution in [2.45, 2.75) is 39.8 Å². The SMILES string of the molecule is CCOC1(OCC)N=CNN1C(C)C. The van der Waals surface area contributed by atoms with Gasteiger partial charge in [-0.25, -0.2) is 0 Å². The highest BCUT2D eigenvalue weighted by Gasteiger charge is 2.43. The van der Waals surface area contributed by atoms with E-state index in [2.05, 4.69) is 24.3 Å². The van der Waals surface area contributed by atoms with Crippen molar-refractivity contribution in [2.24, 2.45) is 4.99 Å². The van der Waals surface area contributed by atoms with Crippen LogP contribution in [-0.4, -0.2) is 36.6 Å². The number of hydrazine groups is 1. The molecule has 5 nitrogen and oxygen atoms in total. The van der Waals surface area contributed by atoms with Gasteiger partial charge in [0.2, 0.25) is 0 Å². The average Bonchev–Trinajstić information content (AvgIpc) is 2.50. The van der Waals surface area contributed by atoms with E-state index in [0.29, 0.717) is 13.2 Å². The minimum atomic E-state index is -0.975. The van der Waals surface area contributed by atoms with E-state index >= 15 is 0 Å². The maximum atomic E-state index is 5.55. The summed E-state index contributed by atoms with van der Waals surface area (Å²) in [6, 6.07) is -0.729. The molecular formula is C9H19N3O2. The lowest BCUT2D eigenvalue weighted by molar-refractivity contribution is -0.317. The molecule has 1 aliphatic heterocycles. The van der Waals surface area contributed by atoms with Crippen LogP contribution in [0.3, 0.4) is 0 Å². The summed E-state index contributed by atoms with van der Waals surface area (Å²) in [6.45, 7) is 9.06. The molecule has 1 aliphatic rings. The Morgan fingerprint density at radius 2 is 1.93 bits per heavy atom. The smallest absolute Gasteiger partial charge is 0.317 e. The molecule has 0 radical (unpaired) electrons. The fraction of sp³-hybridized carbons (Fsp3) is 0.889. The van der Waals surface area contributed by atoms with E-state index in [-0.39, 0.29) is 6.04 Å². The van der Waals surface area contributed by atoms with Gasteiger partial charge in [-0.3, -0.25) is 0 Å². The fourth-order valence-corrected chi connectivity index (χ4v) is 1.42. The van der Waals surface area contributed by atoms with E-state index in [1.54, 1.807) is 6.34 Å². The van der Waals surface area contributed by atoms with Gasteiger partial charge in [0.1, 0.15) is 6.34 Å². The van der Waals surface area contributed by atoms with Gasteiger partial charge >= 0.3 is 6.03 Å². The van der Waals surface area contributed by atoms with Crippen molar-refractivity contribution in [3.8, 4) is 0 Å². The van der Waals surface area contributed by atoms with E-state index in [0.717, 1.165) is 0 Å². The number of hydrogen-bond acceptors (Lipinski definition) is 5. The Kier molecular flexibility index (Phi) is 3.86. The van der Waals surface area contributed by atoms with E-state index in [9.17, 15) is 0 Å². The fourth-order valence-electron chi connectivity index (χ4n) is 1.42. The van der Waals surface area contributed by atoms with Gasteiger partial charge in [-0.05, 0) is 27.7 Å². The molecule has 0 aromatic rings. The molecule has 5 heteroatoms. The molecule has 0 bridgehead atoms. The average molecular weight is 201 g/mol. The zero-order valence-electron chi connectivity index (χ0n) is 9.28. The molecule has 1 heterocycles. The van der Waals surface area contributed by atoms with Crippen LogP contribution < -0.4 is 5.43 Å². The molecule has 0 saturated carbocycles. The molecule has 0 aromatic carbocycles. The second-order valence-corrected chi connectivity index (χ2v) is 3.27. The van der Waals surface area contributed by atoms with Gasteiger partial charge < -0.3 is 14.9 Å². The second kappa shape index (κ2) is 4.72. The third kappa shape index (κ3) is 2.05. The highest BCUT2D eigenvalue weighted by Crippen LogP contribution is 2.24. The molecule has 14 heavy (non-hydrogen) atoms. The lowest BCUT2D eigenvalue weighted by Crippen LogP contribution is -2.55. The molecular weight excluding hydrogens is 182 g/mol. The number of nitrogens with zero attached hydrogens (tertiary/aromatic N) is 2. The molecule has 0 amide bonds. The van der Waals surface area contributed by atoms with Gasteiger partial charge in [0, 0.05) is 6.04 Å². The predicted molar refractivity (Wildman–Crippen MR) is 54.6 cm³/mol. The molecule has 0 fully saturated rings. The standard InChI is InChI=1S/C9H19N3O2/c1-5-13-9(14-6-2)10-7-11-12(9)8(3)4/h7-8H,5-6H2,1-4H3,(H,10,11). The van der Waals surface area contributed by atoms with Crippen LogP contribution >= 0.6 is 0 Å². The molecule has 0 atom stereocenters. The number of hydrogen-bond donors (Lipinski definition) is 1. The third-order valence-electron chi connectivity index (χ3n) is 1.91. The summed E-state index contributed by atoms with van der Waals surface area (Å²) in [5.41, 5.74) is 3.01. The summed E-state index contributed by atoms with van der Waals surface area (Å²) >= 11 is 0. The molecule has 1 rings (SSSR count). The van der Waals surface area contributed by atoms with Gasteiger partial charge in [-0.1, -0.05) is 0 Å². The molecule has 0 unspecified atom stereocenters. The van der Waals surface area contributed by atoms with Crippen molar-refractivity contribution in [3.05, 3.63) is 0 Å². The Bertz CT molecular complexity index is 200. The summed E-state index contributed by atoms with van der Waals surface area (Å²) in [6.07, 6.45) is 1.60. The zero-order valence-corrected chi connectivity index (χ0v) is 9.28. The third-order valence-corrected chi connectivity index (χ3v) is 1.91. The topological polar surface area (TPSA) is 46.1 Å². The molecule has 0 aliphatic carbocycles. The summed E-state index contributed by atoms with van der Waals surface area (Å²) in [4.78, 5) is 4.19. The van der Waals surface area contributed by atoms with Crippen molar-refractivity contribution in [1.82, 2.24) is 10.4 Å². The van der Waals surface area contributed by atoms with Crippen LogP contribution in [0.2, 0.25) is 0 Å². The minimum absolute atomic E-state index is 0.246. The van der Waals surface area contributed by atoms with Gasteiger partial charge in [0.25, 0.3) is 0 Å². The van der Waals surface area contributed by atoms with Crippen LogP contribution in [-0.2, 0) is 9.47 Å². The van der Waals surface area contributed by atoms with E-state index in [1.165, 1.54) is 0 Å². The highest BCUT2D eigenvalue weighted by molar-refractivity contribution is 5.56. The van der Waals surface area contributed by atoms with Crippen molar-refractivity contribution in [1.29, 1.82) is 0 Å². The highest BCUT2D eigenvalue weighted by atomic mass is 16.7. The Labute approximate surface area is 85.1 Å². The van der Waals surface area contributed by atoms with Crippen molar-refractivity contribution in [2.75, 3.05) is 13.2 Å². The van der Waals surface area contributed by atoms with Crippen molar-refractivity contribution < 1.29 is 9.47 Å². The Hall–Kier alpha value is -0.650. The first-order valence-corrected chi connectivity index (χ1v) is 5.03. The lowest BCUT2D eigenvalue weighted by Gasteiger charge is -2.36. The first-order valence-electron chi connectivity index (χ1n) is 5.03. The number of ether oxygens (including phenoxy) is 2. The van der Waals surface area contributed by atoms with E-state index < -0.39 is 6.03 Å². The maximum Gasteiger partial charge on any atom is 0.356 e. The van der Waals surface area contributed by atoms with Crippen LogP contribution in [0.25, 0.3) is 0 Å². The van der Waals surface area contributed by atoms with Crippen LogP contribution in [0.1, 0.15) is 27.7 Å². The second-order valence-electron chi connectivity index (χ2n) is 3.27. The minimum Gasteiger partial charge on any atom is -0.317 e. The summed E-state index contributed by atoms with van der Waals surface area (Å²) in [5, 5.41) is 1.85. The normalized spacial score (nSPS) is 20.4. The molecule has 0 saturated heterocycles. The van der Waals surface area contributed by atoms with Crippen molar-refractivity contribution >= 4 is 6.34 Å². The summed E-state index contributed by atoms with van der Waals surface area (Å²) < 4.78 is 11.1. The lowest BCUT2D eigenvalue weighted by atomic mass is 10.4. The first kappa shape index (κ1) is 11.4. The van der Waals surface area contributed by atoms with E-state index in [4.69, 9.17) is 9.47 Å². The Morgan fingerprint density at radius 1 is 1.36 bits per heavy atom. The summed E-state index contributed by atoms with van der Waals surface area (Å²) in [7, 11) is 0. The zero-order chi connectivity index (χ0) is 10.6. The van der Waals surface area contributed by atoms with E-state index in [1.807, 2.05) is 18.9 Å². The summed E-state index contributed by atoms with van der Waals surface area (Å²) in [5.74, 6) is 0. The molecule has 1 N–H and O–H groups in total. The Morgan fingerprint density at radius 3 is 2.36 bits per heavy atom. The maximum absolute atomic E-state index is 5.55. The largest absolute Gasteiger partial charge is 0.356 e. The first-order chi connectivity index (χ1) is 6.66. The van der Waals surface area contributed by atoms with Crippen LogP contribution in [0.4, 0.5) is 0 Å². The molecule has 0 spiro atoms. The number of nitrogens with one attached hydrogen (secondary N) is 1.